The van der Waals surface area contributed by atoms with Gasteiger partial charge in [-0.1, -0.05) is 29.2 Å². The Labute approximate surface area is 126 Å². The normalized spacial score (nSPS) is 18.2. The molecule has 2 N–H and O–H groups in total. The van der Waals surface area contributed by atoms with E-state index in [1.165, 1.54) is 11.1 Å². The van der Waals surface area contributed by atoms with Gasteiger partial charge in [-0.3, -0.25) is 4.99 Å². The van der Waals surface area contributed by atoms with E-state index in [0.717, 1.165) is 24.2 Å². The molecule has 0 saturated heterocycles. The molecule has 2 aliphatic rings. The van der Waals surface area contributed by atoms with Crippen molar-refractivity contribution in [2.75, 3.05) is 6.54 Å². The molecule has 0 aromatic carbocycles. The Balaban J connectivity index is 2.05. The van der Waals surface area contributed by atoms with Crippen molar-refractivity contribution in [3.05, 3.63) is 58.2 Å². The van der Waals surface area contributed by atoms with Gasteiger partial charge in [0.2, 0.25) is 0 Å². The summed E-state index contributed by atoms with van der Waals surface area (Å²) in [6.45, 7) is 6.76. The van der Waals surface area contributed by atoms with E-state index in [1.54, 1.807) is 6.08 Å². The summed E-state index contributed by atoms with van der Waals surface area (Å²) < 4.78 is 5.63. The van der Waals surface area contributed by atoms with Crippen molar-refractivity contribution >= 4 is 5.84 Å². The Morgan fingerprint density at radius 2 is 2.19 bits per heavy atom. The first kappa shape index (κ1) is 15.2. The fourth-order valence-electron chi connectivity index (χ4n) is 2.07. The maximum absolute atomic E-state index is 6.04. The van der Waals surface area contributed by atoms with E-state index in [9.17, 15) is 0 Å². The van der Waals surface area contributed by atoms with Crippen LogP contribution in [-0.2, 0) is 4.74 Å². The van der Waals surface area contributed by atoms with Crippen LogP contribution >= 0.6 is 0 Å². The van der Waals surface area contributed by atoms with Crippen LogP contribution < -0.4 is 5.73 Å². The summed E-state index contributed by atoms with van der Waals surface area (Å²) in [7, 11) is 0. The highest BCUT2D eigenvalue weighted by molar-refractivity contribution is 5.99. The quantitative estimate of drug-likeness (QED) is 0.476. The molecule has 0 amide bonds. The zero-order valence-corrected chi connectivity index (χ0v) is 12.9. The third-order valence-corrected chi connectivity index (χ3v) is 3.25. The van der Waals surface area contributed by atoms with E-state index in [2.05, 4.69) is 35.5 Å². The summed E-state index contributed by atoms with van der Waals surface area (Å²) >= 11 is 0. The standard InChI is InChI=1S/C18H22N2O/c1-13(2)21-17-6-4-5-16(11-17)18(19)20-12-15-9-7-14(3)8-10-15/h6-7,9,11,13H,8,10,12H2,1-3H3,(H2,19,20). The van der Waals surface area contributed by atoms with Crippen LogP contribution in [0.3, 0.4) is 0 Å². The lowest BCUT2D eigenvalue weighted by atomic mass is 10.00. The van der Waals surface area contributed by atoms with Crippen molar-refractivity contribution in [2.45, 2.75) is 39.7 Å². The predicted molar refractivity (Wildman–Crippen MR) is 87.0 cm³/mol. The van der Waals surface area contributed by atoms with E-state index in [-0.39, 0.29) is 6.10 Å². The summed E-state index contributed by atoms with van der Waals surface area (Å²) in [6.07, 6.45) is 10.2. The van der Waals surface area contributed by atoms with Crippen LogP contribution in [0.15, 0.2) is 63.2 Å². The molecule has 0 spiro atoms. The molecule has 0 aliphatic heterocycles. The molecule has 0 saturated carbocycles. The van der Waals surface area contributed by atoms with Crippen LogP contribution in [0.25, 0.3) is 0 Å². The van der Waals surface area contributed by atoms with Gasteiger partial charge in [-0.15, -0.1) is 0 Å². The topological polar surface area (TPSA) is 47.6 Å². The average Bonchev–Trinajstić information content (AvgIpc) is 2.46. The van der Waals surface area contributed by atoms with E-state index in [1.807, 2.05) is 19.9 Å². The van der Waals surface area contributed by atoms with E-state index >= 15 is 0 Å². The Bertz CT molecular complexity index is 632. The molecule has 0 bridgehead atoms. The maximum Gasteiger partial charge on any atom is 0.134 e. The fraction of sp³-hybridized carbons (Fsp3) is 0.389. The lowest BCUT2D eigenvalue weighted by Gasteiger charge is -2.12. The molecule has 21 heavy (non-hydrogen) atoms. The van der Waals surface area contributed by atoms with Gasteiger partial charge in [0.15, 0.2) is 0 Å². The van der Waals surface area contributed by atoms with Crippen molar-refractivity contribution in [3.8, 4) is 0 Å². The molecule has 0 unspecified atom stereocenters. The Morgan fingerprint density at radius 1 is 1.38 bits per heavy atom. The van der Waals surface area contributed by atoms with Gasteiger partial charge in [-0.2, -0.15) is 0 Å². The van der Waals surface area contributed by atoms with Gasteiger partial charge >= 0.3 is 0 Å². The van der Waals surface area contributed by atoms with Gasteiger partial charge in [-0.25, -0.2) is 0 Å². The second-order valence-electron chi connectivity index (χ2n) is 5.58. The molecular formula is C18H22N2O. The highest BCUT2D eigenvalue weighted by Crippen LogP contribution is 2.18. The smallest absolute Gasteiger partial charge is 0.134 e. The first-order valence-electron chi connectivity index (χ1n) is 7.30. The van der Waals surface area contributed by atoms with Gasteiger partial charge in [0.25, 0.3) is 0 Å². The molecule has 110 valence electrons. The van der Waals surface area contributed by atoms with Crippen LogP contribution in [0.2, 0.25) is 0 Å². The SMILES string of the molecule is CC1=CC=C(CN=C(N)C2=C=C=CC(OC(C)C)=C2)CC1. The van der Waals surface area contributed by atoms with E-state index in [4.69, 9.17) is 10.5 Å². The van der Waals surface area contributed by atoms with Gasteiger partial charge in [0.05, 0.1) is 18.2 Å². The molecule has 0 atom stereocenters. The summed E-state index contributed by atoms with van der Waals surface area (Å²) in [4.78, 5) is 4.45. The minimum Gasteiger partial charge on any atom is -0.490 e. The van der Waals surface area contributed by atoms with Crippen LogP contribution in [-0.4, -0.2) is 18.5 Å². The van der Waals surface area contributed by atoms with Crippen LogP contribution in [0, 0.1) is 0 Å². The number of aliphatic imine (C=N–C) groups is 1. The van der Waals surface area contributed by atoms with Gasteiger partial charge in [0.1, 0.15) is 11.6 Å². The molecule has 3 heteroatoms. The summed E-state index contributed by atoms with van der Waals surface area (Å²) in [5.41, 5.74) is 15.4. The lowest BCUT2D eigenvalue weighted by Crippen LogP contribution is -2.16. The number of amidine groups is 1. The number of rotatable bonds is 5. The molecule has 0 aromatic heterocycles. The fourth-order valence-corrected chi connectivity index (χ4v) is 2.07. The van der Waals surface area contributed by atoms with Crippen LogP contribution in [0.5, 0.6) is 0 Å². The lowest BCUT2D eigenvalue weighted by molar-refractivity contribution is 0.158. The van der Waals surface area contributed by atoms with Gasteiger partial charge in [0, 0.05) is 12.2 Å². The highest BCUT2D eigenvalue weighted by Gasteiger charge is 2.07. The average molecular weight is 282 g/mol. The molecule has 2 aliphatic carbocycles. The zero-order chi connectivity index (χ0) is 15.2. The monoisotopic (exact) mass is 282 g/mol. The van der Waals surface area contributed by atoms with E-state index < -0.39 is 0 Å². The third kappa shape index (κ3) is 4.68. The number of hydrogen-bond acceptors (Lipinski definition) is 2. The van der Waals surface area contributed by atoms with Crippen LogP contribution in [0.4, 0.5) is 0 Å². The predicted octanol–water partition coefficient (Wildman–Crippen LogP) is 3.57. The first-order chi connectivity index (χ1) is 10.0. The van der Waals surface area contributed by atoms with Crippen molar-refractivity contribution in [1.29, 1.82) is 0 Å². The zero-order valence-electron chi connectivity index (χ0n) is 12.9. The Hall–Kier alpha value is -2.21. The molecule has 0 radical (unpaired) electrons. The summed E-state index contributed by atoms with van der Waals surface area (Å²) in [6, 6.07) is 0. The molecular weight excluding hydrogens is 260 g/mol. The molecule has 0 heterocycles. The summed E-state index contributed by atoms with van der Waals surface area (Å²) in [5.74, 6) is 1.22. The van der Waals surface area contributed by atoms with E-state index in [0.29, 0.717) is 12.4 Å². The van der Waals surface area contributed by atoms with Crippen molar-refractivity contribution in [1.82, 2.24) is 0 Å². The largest absolute Gasteiger partial charge is 0.490 e. The molecule has 2 rings (SSSR count). The Morgan fingerprint density at radius 3 is 2.86 bits per heavy atom. The van der Waals surface area contributed by atoms with Crippen molar-refractivity contribution in [2.24, 2.45) is 10.7 Å². The van der Waals surface area contributed by atoms with Gasteiger partial charge < -0.3 is 10.5 Å². The molecule has 0 fully saturated rings. The maximum atomic E-state index is 6.04. The highest BCUT2D eigenvalue weighted by atomic mass is 16.5. The minimum absolute atomic E-state index is 0.120. The molecule has 0 aromatic rings. The second kappa shape index (κ2) is 6.99. The minimum atomic E-state index is 0.120. The Kier molecular flexibility index (Phi) is 5.05. The van der Waals surface area contributed by atoms with Crippen LogP contribution in [0.1, 0.15) is 33.6 Å². The summed E-state index contributed by atoms with van der Waals surface area (Å²) in [5, 5.41) is 0. The number of nitrogens with zero attached hydrogens (tertiary/aromatic N) is 1. The van der Waals surface area contributed by atoms with Crippen molar-refractivity contribution < 1.29 is 4.74 Å². The molecule has 3 nitrogen and oxygen atoms in total. The second-order valence-corrected chi connectivity index (χ2v) is 5.58. The third-order valence-electron chi connectivity index (χ3n) is 3.25. The first-order valence-corrected chi connectivity index (χ1v) is 7.30. The van der Waals surface area contributed by atoms with Gasteiger partial charge in [-0.05, 0) is 39.2 Å². The number of hydrogen-bond donors (Lipinski definition) is 1. The number of nitrogens with two attached hydrogens (primary N) is 1. The number of ether oxygens (including phenoxy) is 1. The number of allylic oxidation sites excluding steroid dienone is 4. The van der Waals surface area contributed by atoms with Crippen molar-refractivity contribution in [3.63, 3.8) is 0 Å².